The van der Waals surface area contributed by atoms with E-state index in [0.29, 0.717) is 45.8 Å². The largest absolute Gasteiger partial charge is 0.342 e. The van der Waals surface area contributed by atoms with Crippen LogP contribution in [0.5, 0.6) is 0 Å². The first-order valence-corrected chi connectivity index (χ1v) is 10.4. The molecule has 8 nitrogen and oxygen atoms in total. The van der Waals surface area contributed by atoms with Crippen molar-refractivity contribution in [2.75, 3.05) is 45.8 Å². The Kier molecular flexibility index (Phi) is 8.25. The van der Waals surface area contributed by atoms with Gasteiger partial charge in [-0.25, -0.2) is 0 Å². The van der Waals surface area contributed by atoms with Gasteiger partial charge in [-0.3, -0.25) is 24.6 Å². The topological polar surface area (TPSA) is 87.0 Å². The molecule has 0 radical (unpaired) electrons. The van der Waals surface area contributed by atoms with E-state index in [9.17, 15) is 19.7 Å². The van der Waals surface area contributed by atoms with Gasteiger partial charge in [0.2, 0.25) is 11.8 Å². The number of carbonyl (C=O) groups is 2. The van der Waals surface area contributed by atoms with E-state index in [0.717, 1.165) is 4.90 Å². The van der Waals surface area contributed by atoms with Crippen LogP contribution in [0.4, 0.5) is 5.69 Å². The molecule has 1 aromatic carbocycles. The SMILES string of the molecule is CCN(CC)C(=O)CN1CCN(C(=O)C(C)Sc2ccc([N+](=O)[O-])cc2)CC1. The van der Waals surface area contributed by atoms with Crippen molar-refractivity contribution in [1.82, 2.24) is 14.7 Å². The maximum absolute atomic E-state index is 12.7. The van der Waals surface area contributed by atoms with E-state index in [1.807, 2.05) is 30.6 Å². The van der Waals surface area contributed by atoms with Gasteiger partial charge in [0.1, 0.15) is 0 Å². The van der Waals surface area contributed by atoms with E-state index >= 15 is 0 Å². The quantitative estimate of drug-likeness (QED) is 0.372. The Morgan fingerprint density at radius 2 is 1.71 bits per heavy atom. The number of hydrogen-bond acceptors (Lipinski definition) is 6. The number of likely N-dealkylation sites (N-methyl/N-ethyl adjacent to an activating group) is 1. The molecule has 1 aliphatic heterocycles. The second-order valence-electron chi connectivity index (χ2n) is 6.68. The van der Waals surface area contributed by atoms with E-state index in [1.54, 1.807) is 12.1 Å². The summed E-state index contributed by atoms with van der Waals surface area (Å²) in [6.07, 6.45) is 0. The number of nitrogens with zero attached hydrogens (tertiary/aromatic N) is 4. The van der Waals surface area contributed by atoms with Crippen molar-refractivity contribution in [3.8, 4) is 0 Å². The zero-order valence-electron chi connectivity index (χ0n) is 16.7. The van der Waals surface area contributed by atoms with Gasteiger partial charge >= 0.3 is 0 Å². The first kappa shape index (κ1) is 22.2. The Morgan fingerprint density at radius 3 is 2.21 bits per heavy atom. The fourth-order valence-corrected chi connectivity index (χ4v) is 4.10. The van der Waals surface area contributed by atoms with Crippen LogP contribution in [0.1, 0.15) is 20.8 Å². The lowest BCUT2D eigenvalue weighted by molar-refractivity contribution is -0.384. The van der Waals surface area contributed by atoms with Gasteiger partial charge in [-0.05, 0) is 32.9 Å². The molecule has 2 rings (SSSR count). The molecule has 0 spiro atoms. The van der Waals surface area contributed by atoms with Gasteiger partial charge in [-0.15, -0.1) is 11.8 Å². The van der Waals surface area contributed by atoms with Crippen LogP contribution in [-0.4, -0.2) is 82.5 Å². The molecule has 154 valence electrons. The Bertz CT molecular complexity index is 686. The summed E-state index contributed by atoms with van der Waals surface area (Å²) in [4.78, 5) is 41.8. The molecule has 1 unspecified atom stereocenters. The van der Waals surface area contributed by atoms with Gasteiger partial charge in [-0.2, -0.15) is 0 Å². The van der Waals surface area contributed by atoms with Gasteiger partial charge in [0.15, 0.2) is 0 Å². The summed E-state index contributed by atoms with van der Waals surface area (Å²) >= 11 is 1.40. The summed E-state index contributed by atoms with van der Waals surface area (Å²) in [6.45, 7) is 10.2. The van der Waals surface area contributed by atoms with Crippen LogP contribution >= 0.6 is 11.8 Å². The minimum Gasteiger partial charge on any atom is -0.342 e. The van der Waals surface area contributed by atoms with Crippen LogP contribution in [0, 0.1) is 10.1 Å². The van der Waals surface area contributed by atoms with Crippen molar-refractivity contribution in [2.45, 2.75) is 30.9 Å². The number of carbonyl (C=O) groups excluding carboxylic acids is 2. The lowest BCUT2D eigenvalue weighted by Crippen LogP contribution is -2.52. The highest BCUT2D eigenvalue weighted by Crippen LogP contribution is 2.26. The normalized spacial score (nSPS) is 15.9. The third-order valence-electron chi connectivity index (χ3n) is 4.87. The second kappa shape index (κ2) is 10.4. The van der Waals surface area contributed by atoms with Crippen molar-refractivity contribution in [3.05, 3.63) is 34.4 Å². The molecule has 1 heterocycles. The third kappa shape index (κ3) is 5.93. The third-order valence-corrected chi connectivity index (χ3v) is 5.97. The molecule has 28 heavy (non-hydrogen) atoms. The zero-order valence-corrected chi connectivity index (χ0v) is 17.5. The Labute approximate surface area is 170 Å². The average molecular weight is 409 g/mol. The number of hydrogen-bond donors (Lipinski definition) is 0. The highest BCUT2D eigenvalue weighted by molar-refractivity contribution is 8.00. The summed E-state index contributed by atoms with van der Waals surface area (Å²) < 4.78 is 0. The van der Waals surface area contributed by atoms with Crippen molar-refractivity contribution >= 4 is 29.3 Å². The Morgan fingerprint density at radius 1 is 1.14 bits per heavy atom. The summed E-state index contributed by atoms with van der Waals surface area (Å²) in [5, 5.41) is 10.5. The summed E-state index contributed by atoms with van der Waals surface area (Å²) in [7, 11) is 0. The van der Waals surface area contributed by atoms with Crippen LogP contribution in [0.2, 0.25) is 0 Å². The van der Waals surface area contributed by atoms with Crippen molar-refractivity contribution in [1.29, 1.82) is 0 Å². The van der Waals surface area contributed by atoms with Crippen LogP contribution in [0.3, 0.4) is 0 Å². The van der Waals surface area contributed by atoms with Crippen LogP contribution < -0.4 is 0 Å². The molecule has 2 amide bonds. The first-order valence-electron chi connectivity index (χ1n) is 9.55. The first-order chi connectivity index (χ1) is 13.3. The highest BCUT2D eigenvalue weighted by Gasteiger charge is 2.27. The molecule has 1 atom stereocenters. The number of benzene rings is 1. The van der Waals surface area contributed by atoms with E-state index in [2.05, 4.69) is 4.90 Å². The molecular formula is C19H28N4O4S. The van der Waals surface area contributed by atoms with Crippen LogP contribution in [0.25, 0.3) is 0 Å². The van der Waals surface area contributed by atoms with Crippen molar-refractivity contribution < 1.29 is 14.5 Å². The van der Waals surface area contributed by atoms with E-state index < -0.39 is 4.92 Å². The molecule has 1 aromatic rings. The average Bonchev–Trinajstić information content (AvgIpc) is 2.69. The fourth-order valence-electron chi connectivity index (χ4n) is 3.15. The standard InChI is InChI=1S/C19H28N4O4S/c1-4-21(5-2)18(24)14-20-10-12-22(13-11-20)19(25)15(3)28-17-8-6-16(7-9-17)23(26)27/h6-9,15H,4-5,10-14H2,1-3H3. The number of non-ortho nitro benzene ring substituents is 1. The van der Waals surface area contributed by atoms with E-state index in [4.69, 9.17) is 0 Å². The van der Waals surface area contributed by atoms with Gasteiger partial charge in [-0.1, -0.05) is 0 Å². The molecule has 0 bridgehead atoms. The van der Waals surface area contributed by atoms with Crippen molar-refractivity contribution in [2.24, 2.45) is 0 Å². The van der Waals surface area contributed by atoms with Crippen LogP contribution in [-0.2, 0) is 9.59 Å². The Hall–Kier alpha value is -2.13. The summed E-state index contributed by atoms with van der Waals surface area (Å²) in [5.74, 6) is 0.185. The number of amides is 2. The van der Waals surface area contributed by atoms with Gasteiger partial charge < -0.3 is 9.80 Å². The van der Waals surface area contributed by atoms with Crippen LogP contribution in [0.15, 0.2) is 29.2 Å². The number of thioether (sulfide) groups is 1. The van der Waals surface area contributed by atoms with E-state index in [1.165, 1.54) is 23.9 Å². The fraction of sp³-hybridized carbons (Fsp3) is 0.579. The van der Waals surface area contributed by atoms with E-state index in [-0.39, 0.29) is 22.8 Å². The maximum atomic E-state index is 12.7. The minimum absolute atomic E-state index is 0.0405. The second-order valence-corrected chi connectivity index (χ2v) is 8.09. The summed E-state index contributed by atoms with van der Waals surface area (Å²) in [5.41, 5.74) is 0.0405. The molecule has 0 N–H and O–H groups in total. The monoisotopic (exact) mass is 408 g/mol. The molecule has 9 heteroatoms. The molecule has 0 aromatic heterocycles. The van der Waals surface area contributed by atoms with Gasteiger partial charge in [0, 0.05) is 56.3 Å². The molecule has 1 aliphatic rings. The number of rotatable bonds is 8. The Balaban J connectivity index is 1.82. The molecular weight excluding hydrogens is 380 g/mol. The predicted octanol–water partition coefficient (Wildman–Crippen LogP) is 2.09. The zero-order chi connectivity index (χ0) is 20.7. The highest BCUT2D eigenvalue weighted by atomic mass is 32.2. The molecule has 1 fully saturated rings. The lowest BCUT2D eigenvalue weighted by atomic mass is 10.2. The van der Waals surface area contributed by atoms with Crippen molar-refractivity contribution in [3.63, 3.8) is 0 Å². The number of nitro benzene ring substituents is 1. The number of piperazine rings is 1. The molecule has 0 aliphatic carbocycles. The molecule has 0 saturated carbocycles. The smallest absolute Gasteiger partial charge is 0.269 e. The molecule has 1 saturated heterocycles. The minimum atomic E-state index is -0.437. The van der Waals surface area contributed by atoms with Gasteiger partial charge in [0.25, 0.3) is 5.69 Å². The predicted molar refractivity (Wildman–Crippen MR) is 109 cm³/mol. The maximum Gasteiger partial charge on any atom is 0.269 e. The number of nitro groups is 1. The summed E-state index contributed by atoms with van der Waals surface area (Å²) in [6, 6.07) is 6.24. The lowest BCUT2D eigenvalue weighted by Gasteiger charge is -2.36. The van der Waals surface area contributed by atoms with Gasteiger partial charge in [0.05, 0.1) is 16.7 Å².